The van der Waals surface area contributed by atoms with Crippen molar-refractivity contribution in [2.24, 2.45) is 0 Å². The molecule has 1 heterocycles. The number of esters is 3. The summed E-state index contributed by atoms with van der Waals surface area (Å²) >= 11 is 0. The topological polar surface area (TPSA) is 97.4 Å². The van der Waals surface area contributed by atoms with Crippen LogP contribution in [0.2, 0.25) is 18.1 Å². The van der Waals surface area contributed by atoms with E-state index in [0.29, 0.717) is 0 Å². The molecule has 0 bridgehead atoms. The molecule has 1 aliphatic heterocycles. The predicted octanol–water partition coefficient (Wildman–Crippen LogP) is 2.50. The second-order valence-electron chi connectivity index (χ2n) is 8.32. The summed E-state index contributed by atoms with van der Waals surface area (Å²) in [5.41, 5.74) is 0. The number of rotatable bonds is 6. The Morgan fingerprint density at radius 3 is 1.82 bits per heavy atom. The molecular weight excluding hydrogens is 391 g/mol. The second kappa shape index (κ2) is 9.32. The summed E-state index contributed by atoms with van der Waals surface area (Å²) in [6.07, 6.45) is -7.36. The minimum atomic E-state index is -2.21. The van der Waals surface area contributed by atoms with Crippen molar-refractivity contribution in [3.8, 4) is 0 Å². The molecule has 0 aromatic carbocycles. The molecule has 1 unspecified atom stereocenters. The van der Waals surface area contributed by atoms with Crippen molar-refractivity contribution in [2.75, 3.05) is 6.61 Å². The molecule has 0 N–H and O–H groups in total. The molecule has 10 heteroatoms. The molecule has 5 atom stereocenters. The van der Waals surface area contributed by atoms with Gasteiger partial charge in [-0.3, -0.25) is 14.4 Å². The zero-order chi connectivity index (χ0) is 21.9. The normalized spacial score (nSPS) is 28.4. The van der Waals surface area contributed by atoms with Gasteiger partial charge in [0.15, 0.2) is 20.5 Å². The highest BCUT2D eigenvalue weighted by atomic mass is 28.4. The molecule has 1 aliphatic rings. The van der Waals surface area contributed by atoms with Crippen LogP contribution in [0.5, 0.6) is 0 Å². The lowest BCUT2D eigenvalue weighted by atomic mass is 9.99. The highest BCUT2D eigenvalue weighted by molar-refractivity contribution is 6.74. The zero-order valence-corrected chi connectivity index (χ0v) is 18.7. The van der Waals surface area contributed by atoms with Crippen molar-refractivity contribution in [1.29, 1.82) is 0 Å². The summed E-state index contributed by atoms with van der Waals surface area (Å²) in [7, 11) is -2.21. The zero-order valence-electron chi connectivity index (χ0n) is 17.7. The molecule has 0 radical (unpaired) electrons. The summed E-state index contributed by atoms with van der Waals surface area (Å²) in [5.74, 6) is -2.22. The maximum Gasteiger partial charge on any atom is 0.305 e. The van der Waals surface area contributed by atoms with Crippen LogP contribution >= 0.6 is 0 Å². The predicted molar refractivity (Wildman–Crippen MR) is 99.6 cm³/mol. The number of alkyl halides is 1. The Labute approximate surface area is 166 Å². The average molecular weight is 423 g/mol. The average Bonchev–Trinajstić information content (AvgIpc) is 2.50. The minimum Gasteiger partial charge on any atom is -0.456 e. The molecule has 1 saturated heterocycles. The Balaban J connectivity index is 3.15. The molecule has 0 amide bonds. The number of hydrogen-bond acceptors (Lipinski definition) is 8. The van der Waals surface area contributed by atoms with Gasteiger partial charge < -0.3 is 23.4 Å². The van der Waals surface area contributed by atoms with E-state index in [2.05, 4.69) is 0 Å². The Kier molecular flexibility index (Phi) is 8.16. The van der Waals surface area contributed by atoms with Gasteiger partial charge in [-0.1, -0.05) is 20.8 Å². The third-order valence-electron chi connectivity index (χ3n) is 4.87. The van der Waals surface area contributed by atoms with Crippen LogP contribution in [0.3, 0.4) is 0 Å². The van der Waals surface area contributed by atoms with Gasteiger partial charge in [-0.15, -0.1) is 0 Å². The van der Waals surface area contributed by atoms with Crippen molar-refractivity contribution >= 4 is 26.2 Å². The van der Waals surface area contributed by atoms with Gasteiger partial charge in [0.2, 0.25) is 12.5 Å². The first-order chi connectivity index (χ1) is 12.7. The van der Waals surface area contributed by atoms with E-state index in [9.17, 15) is 18.8 Å². The van der Waals surface area contributed by atoms with Crippen molar-refractivity contribution in [2.45, 2.75) is 90.4 Å². The third-order valence-corrected chi connectivity index (χ3v) is 9.37. The van der Waals surface area contributed by atoms with Crippen LogP contribution in [0.1, 0.15) is 41.5 Å². The van der Waals surface area contributed by atoms with Gasteiger partial charge in [0.05, 0.1) is 6.61 Å². The van der Waals surface area contributed by atoms with E-state index in [-0.39, 0.29) is 11.6 Å². The van der Waals surface area contributed by atoms with Gasteiger partial charge in [0.1, 0.15) is 6.10 Å². The molecule has 0 aliphatic carbocycles. The molecule has 28 heavy (non-hydrogen) atoms. The first-order valence-electron chi connectivity index (χ1n) is 9.11. The molecule has 1 fully saturated rings. The fourth-order valence-electron chi connectivity index (χ4n) is 2.43. The SMILES string of the molecule is CC(=O)OC1O[C@H](CO[Si](C)(C)C(C)(C)C)[C@@H](OC(C)=O)[C@H](OC(C)=O)[C@@H]1F. The molecule has 162 valence electrons. The quantitative estimate of drug-likeness (QED) is 0.366. The van der Waals surface area contributed by atoms with Crippen LogP contribution in [-0.2, 0) is 37.8 Å². The van der Waals surface area contributed by atoms with Crippen molar-refractivity contribution < 1.29 is 42.1 Å². The van der Waals surface area contributed by atoms with E-state index >= 15 is 0 Å². The van der Waals surface area contributed by atoms with Crippen LogP contribution in [0.25, 0.3) is 0 Å². The van der Waals surface area contributed by atoms with Crippen molar-refractivity contribution in [3.05, 3.63) is 0 Å². The lowest BCUT2D eigenvalue weighted by molar-refractivity contribution is -0.283. The highest BCUT2D eigenvalue weighted by Crippen LogP contribution is 2.37. The summed E-state index contributed by atoms with van der Waals surface area (Å²) < 4.78 is 41.7. The number of halogens is 1. The van der Waals surface area contributed by atoms with Gasteiger partial charge in [-0.25, -0.2) is 4.39 Å². The molecule has 0 aromatic rings. The Hall–Kier alpha value is -1.52. The first kappa shape index (κ1) is 24.5. The number of carbonyl (C=O) groups excluding carboxylic acids is 3. The van der Waals surface area contributed by atoms with Gasteiger partial charge >= 0.3 is 17.9 Å². The van der Waals surface area contributed by atoms with E-state index in [1.165, 1.54) is 0 Å². The van der Waals surface area contributed by atoms with Crippen LogP contribution < -0.4 is 0 Å². The van der Waals surface area contributed by atoms with Crippen molar-refractivity contribution in [3.63, 3.8) is 0 Å². The maximum atomic E-state index is 14.9. The summed E-state index contributed by atoms with van der Waals surface area (Å²) in [4.78, 5) is 34.3. The first-order valence-corrected chi connectivity index (χ1v) is 12.0. The van der Waals surface area contributed by atoms with E-state index < -0.39 is 57.0 Å². The lowest BCUT2D eigenvalue weighted by Crippen LogP contribution is -2.61. The van der Waals surface area contributed by atoms with Gasteiger partial charge in [0, 0.05) is 20.8 Å². The van der Waals surface area contributed by atoms with Crippen LogP contribution in [-0.4, -0.2) is 63.6 Å². The third kappa shape index (κ3) is 6.52. The van der Waals surface area contributed by atoms with Crippen LogP contribution in [0.4, 0.5) is 4.39 Å². The van der Waals surface area contributed by atoms with Gasteiger partial charge in [-0.2, -0.15) is 0 Å². The fraction of sp³-hybridized carbons (Fsp3) is 0.833. The molecule has 0 aromatic heterocycles. The standard InChI is InChI=1S/C18H31FO8Si/c1-10(20)24-15-13(9-23-28(7,8)18(4,5)6)27-17(26-12(3)22)14(19)16(15)25-11(2)21/h13-17H,9H2,1-8H3/t13-,14+,15-,16-,17?/m1/s1. The van der Waals surface area contributed by atoms with E-state index in [0.717, 1.165) is 20.8 Å². The molecule has 1 rings (SSSR count). The Morgan fingerprint density at radius 1 is 0.929 bits per heavy atom. The minimum absolute atomic E-state index is 0.0450. The molecule has 0 saturated carbocycles. The molecular formula is C18H31FO8Si. The molecule has 0 spiro atoms. The smallest absolute Gasteiger partial charge is 0.305 e. The number of hydrogen-bond donors (Lipinski definition) is 0. The lowest BCUT2D eigenvalue weighted by Gasteiger charge is -2.43. The van der Waals surface area contributed by atoms with Crippen molar-refractivity contribution in [1.82, 2.24) is 0 Å². The van der Waals surface area contributed by atoms with Gasteiger partial charge in [-0.05, 0) is 18.1 Å². The Morgan fingerprint density at radius 2 is 1.39 bits per heavy atom. The largest absolute Gasteiger partial charge is 0.456 e. The summed E-state index contributed by atoms with van der Waals surface area (Å²) in [6.45, 7) is 13.5. The van der Waals surface area contributed by atoms with E-state index in [1.807, 2.05) is 33.9 Å². The van der Waals surface area contributed by atoms with E-state index in [4.69, 9.17) is 23.4 Å². The molecule has 8 nitrogen and oxygen atoms in total. The highest BCUT2D eigenvalue weighted by Gasteiger charge is 2.52. The number of ether oxygens (including phenoxy) is 4. The van der Waals surface area contributed by atoms with Gasteiger partial charge in [0.25, 0.3) is 0 Å². The van der Waals surface area contributed by atoms with Crippen LogP contribution in [0, 0.1) is 0 Å². The Bertz CT molecular complexity index is 589. The van der Waals surface area contributed by atoms with E-state index in [1.54, 1.807) is 0 Å². The van der Waals surface area contributed by atoms with Crippen LogP contribution in [0.15, 0.2) is 0 Å². The monoisotopic (exact) mass is 422 g/mol. The number of carbonyl (C=O) groups is 3. The summed E-state index contributed by atoms with van der Waals surface area (Å²) in [5, 5.41) is -0.105. The maximum absolute atomic E-state index is 14.9. The second-order valence-corrected chi connectivity index (χ2v) is 13.1. The summed E-state index contributed by atoms with van der Waals surface area (Å²) in [6, 6.07) is 0. The fourth-order valence-corrected chi connectivity index (χ4v) is 3.44.